The molecule has 0 aromatic heterocycles. The standard InChI is InChI=1S/C29H54N2O15/c1-17(34)18(31-22(37)10-4-6-14-44-28(43)26(41)23(38)19(35)11-13-32)8-2-5-12-30-21(36)9-3-7-15-45-29-27(42)25(40)24(39)20(16-33)46-29/h18-20,23-29,32-33,35,38-43H,2-16H2,1H3,(H,30,36)(H,31,37)/t18-,19?,20?,23?,24?,25?,26?,27?,28?,29?/m1/s1. The molecule has 0 radical (unpaired) electrons. The van der Waals surface area contributed by atoms with Crippen LogP contribution < -0.4 is 10.6 Å². The Morgan fingerprint density at radius 2 is 1.43 bits per heavy atom. The van der Waals surface area contributed by atoms with Crippen LogP contribution in [0.2, 0.25) is 0 Å². The Kier molecular flexibility index (Phi) is 21.5. The maximum atomic E-state index is 12.3. The first-order chi connectivity index (χ1) is 21.8. The van der Waals surface area contributed by atoms with Crippen molar-refractivity contribution in [3.05, 3.63) is 0 Å². The molecule has 17 nitrogen and oxygen atoms in total. The van der Waals surface area contributed by atoms with Crippen molar-refractivity contribution in [2.75, 3.05) is 33.0 Å². The number of ketones is 1. The Hall–Kier alpha value is -1.87. The molecule has 17 heteroatoms. The predicted molar refractivity (Wildman–Crippen MR) is 159 cm³/mol. The Morgan fingerprint density at radius 3 is 2.07 bits per heavy atom. The van der Waals surface area contributed by atoms with Gasteiger partial charge in [-0.15, -0.1) is 0 Å². The van der Waals surface area contributed by atoms with E-state index in [4.69, 9.17) is 19.3 Å². The molecule has 1 saturated heterocycles. The third-order valence-corrected chi connectivity index (χ3v) is 7.54. The van der Waals surface area contributed by atoms with E-state index < -0.39 is 74.6 Å². The van der Waals surface area contributed by atoms with Gasteiger partial charge in [0.25, 0.3) is 0 Å². The lowest BCUT2D eigenvalue weighted by Crippen LogP contribution is -2.59. The Labute approximate surface area is 268 Å². The molecule has 1 aliphatic heterocycles. The van der Waals surface area contributed by atoms with Crippen LogP contribution in [0.1, 0.15) is 71.1 Å². The zero-order valence-corrected chi connectivity index (χ0v) is 26.4. The van der Waals surface area contributed by atoms with E-state index in [1.807, 2.05) is 0 Å². The summed E-state index contributed by atoms with van der Waals surface area (Å²) in [5, 5.41) is 91.9. The maximum absolute atomic E-state index is 12.3. The fourth-order valence-electron chi connectivity index (χ4n) is 4.62. The van der Waals surface area contributed by atoms with Crippen LogP contribution in [-0.2, 0) is 28.6 Å². The minimum atomic E-state index is -1.78. The molecule has 0 aromatic carbocycles. The number of hydrogen-bond acceptors (Lipinski definition) is 15. The zero-order valence-electron chi connectivity index (χ0n) is 26.4. The van der Waals surface area contributed by atoms with Crippen molar-refractivity contribution in [1.29, 1.82) is 0 Å². The summed E-state index contributed by atoms with van der Waals surface area (Å²) in [6.07, 6.45) is -10.1. The van der Waals surface area contributed by atoms with Crippen LogP contribution in [0.3, 0.4) is 0 Å². The normalized spacial score (nSPS) is 24.9. The first kappa shape index (κ1) is 42.2. The van der Waals surface area contributed by atoms with Crippen LogP contribution in [0.15, 0.2) is 0 Å². The van der Waals surface area contributed by atoms with Crippen molar-refractivity contribution in [2.45, 2.75) is 132 Å². The van der Waals surface area contributed by atoms with Gasteiger partial charge in [-0.25, -0.2) is 0 Å². The van der Waals surface area contributed by atoms with E-state index in [0.29, 0.717) is 51.5 Å². The molecule has 9 unspecified atom stereocenters. The Morgan fingerprint density at radius 1 is 0.783 bits per heavy atom. The molecule has 11 N–H and O–H groups in total. The highest BCUT2D eigenvalue weighted by Gasteiger charge is 2.43. The number of amides is 2. The largest absolute Gasteiger partial charge is 0.396 e. The van der Waals surface area contributed by atoms with E-state index in [0.717, 1.165) is 0 Å². The van der Waals surface area contributed by atoms with E-state index >= 15 is 0 Å². The number of ether oxygens (including phenoxy) is 3. The van der Waals surface area contributed by atoms with Crippen LogP contribution in [0, 0.1) is 0 Å². The van der Waals surface area contributed by atoms with Gasteiger partial charge in [0, 0.05) is 39.2 Å². The van der Waals surface area contributed by atoms with Gasteiger partial charge < -0.3 is 70.8 Å². The van der Waals surface area contributed by atoms with Crippen molar-refractivity contribution < 1.29 is 74.6 Å². The van der Waals surface area contributed by atoms with Gasteiger partial charge in [-0.2, -0.15) is 0 Å². The molecule has 0 aliphatic carbocycles. The van der Waals surface area contributed by atoms with Crippen LogP contribution in [0.5, 0.6) is 0 Å². The Balaban J connectivity index is 2.15. The van der Waals surface area contributed by atoms with Gasteiger partial charge in [0.1, 0.15) is 36.6 Å². The molecule has 0 spiro atoms. The molecular formula is C29H54N2O15. The maximum Gasteiger partial charge on any atom is 0.220 e. The molecule has 0 saturated carbocycles. The summed E-state index contributed by atoms with van der Waals surface area (Å²) in [6.45, 7) is 0.889. The van der Waals surface area contributed by atoms with Gasteiger partial charge in [0.2, 0.25) is 11.8 Å². The van der Waals surface area contributed by atoms with Crippen molar-refractivity contribution in [3.63, 3.8) is 0 Å². The summed E-state index contributed by atoms with van der Waals surface area (Å²) in [6, 6.07) is -0.674. The van der Waals surface area contributed by atoms with Crippen LogP contribution >= 0.6 is 0 Å². The predicted octanol–water partition coefficient (Wildman–Crippen LogP) is -3.70. The number of unbranched alkanes of at least 4 members (excludes halogenated alkanes) is 3. The molecule has 1 heterocycles. The lowest BCUT2D eigenvalue weighted by Gasteiger charge is -2.39. The zero-order chi connectivity index (χ0) is 34.6. The number of aliphatic hydroxyl groups excluding tert-OH is 9. The van der Waals surface area contributed by atoms with Gasteiger partial charge in [0.05, 0.1) is 18.8 Å². The highest BCUT2D eigenvalue weighted by molar-refractivity contribution is 5.87. The molecule has 46 heavy (non-hydrogen) atoms. The lowest BCUT2D eigenvalue weighted by atomic mass is 9.99. The number of rotatable bonds is 25. The average Bonchev–Trinajstić information content (AvgIpc) is 3.02. The summed E-state index contributed by atoms with van der Waals surface area (Å²) in [7, 11) is 0. The van der Waals surface area contributed by atoms with Crippen molar-refractivity contribution in [1.82, 2.24) is 10.6 Å². The highest BCUT2D eigenvalue weighted by atomic mass is 16.7. The number of carbonyl (C=O) groups is 3. The van der Waals surface area contributed by atoms with Gasteiger partial charge >= 0.3 is 0 Å². The highest BCUT2D eigenvalue weighted by Crippen LogP contribution is 2.22. The molecule has 10 atom stereocenters. The van der Waals surface area contributed by atoms with Crippen molar-refractivity contribution >= 4 is 17.6 Å². The summed E-state index contributed by atoms with van der Waals surface area (Å²) in [5.74, 6) is -0.719. The van der Waals surface area contributed by atoms with Gasteiger partial charge in [0.15, 0.2) is 18.4 Å². The van der Waals surface area contributed by atoms with Crippen LogP contribution in [0.4, 0.5) is 0 Å². The fraction of sp³-hybridized carbons (Fsp3) is 0.897. The molecule has 0 bridgehead atoms. The lowest BCUT2D eigenvalue weighted by molar-refractivity contribution is -0.301. The summed E-state index contributed by atoms with van der Waals surface area (Å²) in [4.78, 5) is 36.4. The smallest absolute Gasteiger partial charge is 0.220 e. The van der Waals surface area contributed by atoms with E-state index in [1.165, 1.54) is 6.92 Å². The van der Waals surface area contributed by atoms with Gasteiger partial charge in [-0.3, -0.25) is 14.4 Å². The monoisotopic (exact) mass is 670 g/mol. The van der Waals surface area contributed by atoms with Crippen LogP contribution in [-0.4, -0.2) is 158 Å². The van der Waals surface area contributed by atoms with E-state index in [9.17, 15) is 55.2 Å². The number of hydrogen-bond donors (Lipinski definition) is 11. The minimum absolute atomic E-state index is 0.0356. The van der Waals surface area contributed by atoms with Gasteiger partial charge in [-0.05, 0) is 58.3 Å². The van der Waals surface area contributed by atoms with E-state index in [1.54, 1.807) is 0 Å². The molecule has 0 aromatic rings. The quantitative estimate of drug-likeness (QED) is 0.0329. The topological polar surface area (TPSA) is 285 Å². The van der Waals surface area contributed by atoms with Gasteiger partial charge in [-0.1, -0.05) is 0 Å². The SMILES string of the molecule is CC(=O)[C@@H](CCCCNC(=O)CCCCOC1OC(CO)C(O)C(O)C1O)NC(=O)CCCCOC(O)C(O)C(O)C(O)CCO. The number of nitrogens with one attached hydrogen (secondary N) is 2. The molecule has 270 valence electrons. The number of carbonyl (C=O) groups excluding carboxylic acids is 3. The average molecular weight is 671 g/mol. The van der Waals surface area contributed by atoms with E-state index in [-0.39, 0.29) is 50.1 Å². The Bertz CT molecular complexity index is 866. The number of Topliss-reactive ketones (excluding diaryl/α,β-unsaturated/α-hetero) is 1. The van der Waals surface area contributed by atoms with Crippen molar-refractivity contribution in [2.24, 2.45) is 0 Å². The first-order valence-corrected chi connectivity index (χ1v) is 15.8. The molecular weight excluding hydrogens is 616 g/mol. The van der Waals surface area contributed by atoms with Crippen LogP contribution in [0.25, 0.3) is 0 Å². The third kappa shape index (κ3) is 15.8. The molecule has 2 amide bonds. The molecule has 1 rings (SSSR count). The second-order valence-corrected chi connectivity index (χ2v) is 11.4. The third-order valence-electron chi connectivity index (χ3n) is 7.54. The first-order valence-electron chi connectivity index (χ1n) is 15.8. The molecule has 1 fully saturated rings. The van der Waals surface area contributed by atoms with E-state index in [2.05, 4.69) is 10.6 Å². The summed E-state index contributed by atoms with van der Waals surface area (Å²) >= 11 is 0. The second-order valence-electron chi connectivity index (χ2n) is 11.4. The summed E-state index contributed by atoms with van der Waals surface area (Å²) < 4.78 is 15.7. The minimum Gasteiger partial charge on any atom is -0.396 e. The summed E-state index contributed by atoms with van der Waals surface area (Å²) in [5.41, 5.74) is 0. The fourth-order valence-corrected chi connectivity index (χ4v) is 4.62. The molecule has 1 aliphatic rings. The second kappa shape index (κ2) is 23.5. The number of aliphatic hydroxyl groups is 9. The van der Waals surface area contributed by atoms with Crippen molar-refractivity contribution in [3.8, 4) is 0 Å².